The normalized spacial score (nSPS) is 15.4. The highest BCUT2D eigenvalue weighted by Gasteiger charge is 2.10. The second-order valence-corrected chi connectivity index (χ2v) is 2.67. The summed E-state index contributed by atoms with van der Waals surface area (Å²) in [5.41, 5.74) is 2.40. The topological polar surface area (TPSA) is 64.5 Å². The first kappa shape index (κ1) is 7.88. The Morgan fingerprint density at radius 1 is 1.38 bits per heavy atom. The average Bonchev–Trinajstić information content (AvgIpc) is 2.53. The molecule has 0 radical (unpaired) electrons. The summed E-state index contributed by atoms with van der Waals surface area (Å²) in [4.78, 5) is 4.53. The first-order valence-electron chi connectivity index (χ1n) is 3.91. The minimum Gasteiger partial charge on any atom is -0.524 e. The van der Waals surface area contributed by atoms with Gasteiger partial charge in [0, 0.05) is 0 Å². The van der Waals surface area contributed by atoms with Gasteiger partial charge in [-0.2, -0.15) is 0 Å². The predicted octanol–water partition coefficient (Wildman–Crippen LogP) is -1.46. The van der Waals surface area contributed by atoms with Gasteiger partial charge in [0.2, 0.25) is 6.08 Å². The van der Waals surface area contributed by atoms with Gasteiger partial charge in [0.1, 0.15) is 6.54 Å². The fourth-order valence-electron chi connectivity index (χ4n) is 1.10. The van der Waals surface area contributed by atoms with E-state index >= 15 is 0 Å². The van der Waals surface area contributed by atoms with Crippen LogP contribution in [-0.2, 0) is 11.4 Å². The van der Waals surface area contributed by atoms with E-state index in [1.165, 1.54) is 10.7 Å². The molecule has 0 bridgehead atoms. The van der Waals surface area contributed by atoms with Gasteiger partial charge in [-0.1, -0.05) is 30.3 Å². The highest BCUT2D eigenvalue weighted by molar-refractivity contribution is 5.60. The second-order valence-electron chi connectivity index (χ2n) is 2.67. The fourth-order valence-corrected chi connectivity index (χ4v) is 1.10. The van der Waals surface area contributed by atoms with Crippen LogP contribution in [0.2, 0.25) is 0 Å². The fraction of sp³-hybridized carbons (Fsp3) is 0.125. The van der Waals surface area contributed by atoms with Crippen LogP contribution in [0.1, 0.15) is 5.56 Å². The lowest BCUT2D eigenvalue weighted by Gasteiger charge is -2.09. The van der Waals surface area contributed by atoms with Crippen molar-refractivity contribution >= 4 is 6.08 Å². The third-order valence-corrected chi connectivity index (χ3v) is 1.67. The number of rotatable bonds is 2. The van der Waals surface area contributed by atoms with E-state index in [0.717, 1.165) is 5.56 Å². The van der Waals surface area contributed by atoms with Crippen LogP contribution in [-0.4, -0.2) is 11.2 Å². The Labute approximate surface area is 75.2 Å². The van der Waals surface area contributed by atoms with Crippen molar-refractivity contribution in [1.29, 1.82) is 0 Å². The molecule has 5 nitrogen and oxygen atoms in total. The maximum atomic E-state index is 10.6. The molecule has 13 heavy (non-hydrogen) atoms. The van der Waals surface area contributed by atoms with E-state index < -0.39 is 6.08 Å². The Morgan fingerprint density at radius 3 is 2.77 bits per heavy atom. The van der Waals surface area contributed by atoms with Gasteiger partial charge in [0.05, 0.1) is 0 Å². The molecule has 1 aliphatic rings. The Kier molecular flexibility index (Phi) is 2.01. The quantitative estimate of drug-likeness (QED) is 0.564. The Hall–Kier alpha value is -1.75. The molecule has 68 valence electrons. The van der Waals surface area contributed by atoms with Crippen LogP contribution in [0.25, 0.3) is 0 Å². The van der Waals surface area contributed by atoms with E-state index in [-0.39, 0.29) is 0 Å². The van der Waals surface area contributed by atoms with E-state index in [0.29, 0.717) is 6.54 Å². The molecular weight excluding hydrogens is 170 g/mol. The molecule has 0 saturated heterocycles. The van der Waals surface area contributed by atoms with Crippen LogP contribution in [0.15, 0.2) is 35.4 Å². The van der Waals surface area contributed by atoms with Crippen LogP contribution in [0.4, 0.5) is 0 Å². The highest BCUT2D eigenvalue weighted by atomic mass is 16.8. The molecule has 0 amide bonds. The summed E-state index contributed by atoms with van der Waals surface area (Å²) in [6.07, 6.45) is -0.559. The van der Waals surface area contributed by atoms with Crippen molar-refractivity contribution in [3.05, 3.63) is 35.9 Å². The van der Waals surface area contributed by atoms with Gasteiger partial charge in [-0.25, -0.2) is 0 Å². The van der Waals surface area contributed by atoms with E-state index in [2.05, 4.69) is 9.94 Å². The number of hydrogen-bond donors (Lipinski definition) is 1. The maximum Gasteiger partial charge on any atom is 0.228 e. The molecular formula is C8H9N3O2. The van der Waals surface area contributed by atoms with Crippen LogP contribution in [0, 0.1) is 0 Å². The van der Waals surface area contributed by atoms with Crippen molar-refractivity contribution in [2.75, 3.05) is 0 Å². The Bertz CT molecular complexity index is 312. The summed E-state index contributed by atoms with van der Waals surface area (Å²) >= 11 is 0. The van der Waals surface area contributed by atoms with Crippen LogP contribution in [0.3, 0.4) is 0 Å². The lowest BCUT2D eigenvalue weighted by atomic mass is 10.2. The monoisotopic (exact) mass is 179 g/mol. The lowest BCUT2D eigenvalue weighted by molar-refractivity contribution is -0.974. The number of hydrazone groups is 1. The maximum absolute atomic E-state index is 10.6. The van der Waals surface area contributed by atoms with E-state index in [4.69, 9.17) is 0 Å². The standard InChI is InChI=1S/C8H9N3O2/c12-8-9-11(10-13-8)6-7-4-2-1-3-5-7/h1-5,10H,6H2,(H,9,12). The third-order valence-electron chi connectivity index (χ3n) is 1.67. The van der Waals surface area contributed by atoms with Crippen molar-refractivity contribution < 1.29 is 15.5 Å². The summed E-state index contributed by atoms with van der Waals surface area (Å²) < 4.78 is 0. The molecule has 1 aromatic carbocycles. The van der Waals surface area contributed by atoms with Crippen LogP contribution < -0.4 is 10.7 Å². The van der Waals surface area contributed by atoms with Crippen molar-refractivity contribution in [2.45, 2.75) is 6.54 Å². The van der Waals surface area contributed by atoms with Gasteiger partial charge in [-0.15, -0.1) is 15.8 Å². The lowest BCUT2D eigenvalue weighted by Crippen LogP contribution is -2.89. The Morgan fingerprint density at radius 2 is 2.15 bits per heavy atom. The van der Waals surface area contributed by atoms with Crippen LogP contribution in [0.5, 0.6) is 0 Å². The molecule has 0 saturated carbocycles. The SMILES string of the molecule is [O-]C1=NN(Cc2ccccc2)[NH2+]O1. The summed E-state index contributed by atoms with van der Waals surface area (Å²) in [7, 11) is 0. The number of nitrogens with two attached hydrogens (primary N) is 1. The van der Waals surface area contributed by atoms with Crippen LogP contribution >= 0.6 is 0 Å². The molecule has 1 aromatic rings. The average molecular weight is 179 g/mol. The predicted molar refractivity (Wildman–Crippen MR) is 42.4 cm³/mol. The molecule has 2 rings (SSSR count). The van der Waals surface area contributed by atoms with Crippen molar-refractivity contribution in [2.24, 2.45) is 5.10 Å². The summed E-state index contributed by atoms with van der Waals surface area (Å²) in [5.74, 6) is 0. The largest absolute Gasteiger partial charge is 0.524 e. The molecule has 0 unspecified atom stereocenters. The van der Waals surface area contributed by atoms with Crippen molar-refractivity contribution in [3.8, 4) is 0 Å². The molecule has 2 N–H and O–H groups in total. The molecule has 0 fully saturated rings. The molecule has 5 heteroatoms. The van der Waals surface area contributed by atoms with Crippen molar-refractivity contribution in [1.82, 2.24) is 5.12 Å². The number of nitrogens with zero attached hydrogens (tertiary/aromatic N) is 2. The van der Waals surface area contributed by atoms with E-state index in [1.54, 1.807) is 0 Å². The highest BCUT2D eigenvalue weighted by Crippen LogP contribution is 2.01. The zero-order valence-corrected chi connectivity index (χ0v) is 6.88. The summed E-state index contributed by atoms with van der Waals surface area (Å²) in [5, 5.41) is 15.7. The molecule has 0 aliphatic carbocycles. The zero-order chi connectivity index (χ0) is 9.10. The van der Waals surface area contributed by atoms with E-state index in [9.17, 15) is 5.11 Å². The molecule has 1 aliphatic heterocycles. The van der Waals surface area contributed by atoms with Gasteiger partial charge in [0.25, 0.3) is 0 Å². The minimum atomic E-state index is -0.559. The first-order chi connectivity index (χ1) is 6.34. The third kappa shape index (κ3) is 1.88. The summed E-state index contributed by atoms with van der Waals surface area (Å²) in [6.45, 7) is 0.562. The number of quaternary nitrogens is 1. The van der Waals surface area contributed by atoms with Gasteiger partial charge < -0.3 is 9.94 Å². The molecule has 1 heterocycles. The minimum absolute atomic E-state index is 0.559. The first-order valence-corrected chi connectivity index (χ1v) is 3.91. The number of benzene rings is 1. The second kappa shape index (κ2) is 3.32. The zero-order valence-electron chi connectivity index (χ0n) is 6.88. The smallest absolute Gasteiger partial charge is 0.228 e. The molecule has 0 spiro atoms. The Balaban J connectivity index is 2.00. The van der Waals surface area contributed by atoms with Crippen molar-refractivity contribution in [3.63, 3.8) is 0 Å². The number of hydrogen-bond acceptors (Lipinski definition) is 4. The summed E-state index contributed by atoms with van der Waals surface area (Å²) in [6, 6.07) is 9.75. The van der Waals surface area contributed by atoms with Gasteiger partial charge >= 0.3 is 0 Å². The van der Waals surface area contributed by atoms with E-state index in [1.807, 2.05) is 30.3 Å². The molecule has 0 aromatic heterocycles. The molecule has 0 atom stereocenters. The van der Waals surface area contributed by atoms with Gasteiger partial charge in [0.15, 0.2) is 0 Å². The van der Waals surface area contributed by atoms with Gasteiger partial charge in [-0.05, 0) is 5.56 Å². The van der Waals surface area contributed by atoms with Gasteiger partial charge in [-0.3, -0.25) is 0 Å².